The number of carbonyl (C=O) groups excluding carboxylic acids is 1. The average molecular weight is 359 g/mol. The van der Waals surface area contributed by atoms with Crippen LogP contribution >= 0.6 is 11.3 Å². The van der Waals surface area contributed by atoms with Crippen LogP contribution in [-0.4, -0.2) is 53.0 Å². The number of benzene rings is 1. The summed E-state index contributed by atoms with van der Waals surface area (Å²) in [6.45, 7) is 8.29. The zero-order valence-electron chi connectivity index (χ0n) is 14.9. The second-order valence-electron chi connectivity index (χ2n) is 6.55. The van der Waals surface area contributed by atoms with Crippen LogP contribution in [-0.2, 0) is 17.8 Å². The van der Waals surface area contributed by atoms with E-state index in [-0.39, 0.29) is 17.3 Å². The van der Waals surface area contributed by atoms with E-state index in [0.717, 1.165) is 49.7 Å². The number of piperazine rings is 1. The van der Waals surface area contributed by atoms with Gasteiger partial charge in [0.15, 0.2) is 0 Å². The topological polar surface area (TPSA) is 45.6 Å². The highest BCUT2D eigenvalue weighted by atomic mass is 32.1. The Balaban J connectivity index is 1.48. The zero-order chi connectivity index (χ0) is 17.8. The Hall–Kier alpha value is -1.92. The van der Waals surface area contributed by atoms with Gasteiger partial charge in [-0.2, -0.15) is 0 Å². The smallest absolute Gasteiger partial charge is 0.308 e. The molecule has 1 aliphatic heterocycles. The number of aromatic nitrogens is 1. The van der Waals surface area contributed by atoms with Gasteiger partial charge in [-0.25, -0.2) is 0 Å². The van der Waals surface area contributed by atoms with E-state index in [1.807, 2.05) is 24.8 Å². The van der Waals surface area contributed by atoms with Gasteiger partial charge in [-0.3, -0.25) is 19.1 Å². The van der Waals surface area contributed by atoms with Gasteiger partial charge in [-0.05, 0) is 25.8 Å². The lowest BCUT2D eigenvalue weighted by Gasteiger charge is -2.34. The Kier molecular flexibility index (Phi) is 5.71. The van der Waals surface area contributed by atoms with Crippen molar-refractivity contribution in [1.82, 2.24) is 14.4 Å². The molecule has 0 atom stereocenters. The number of carbonyl (C=O) groups is 1. The van der Waals surface area contributed by atoms with Gasteiger partial charge in [0.25, 0.3) is 0 Å². The van der Waals surface area contributed by atoms with Gasteiger partial charge >= 0.3 is 4.87 Å². The van der Waals surface area contributed by atoms with Crippen LogP contribution in [0.2, 0.25) is 0 Å². The van der Waals surface area contributed by atoms with E-state index in [1.165, 1.54) is 16.9 Å². The summed E-state index contributed by atoms with van der Waals surface area (Å²) in [4.78, 5) is 29.7. The highest BCUT2D eigenvalue weighted by molar-refractivity contribution is 7.09. The predicted octanol–water partition coefficient (Wildman–Crippen LogP) is 1.91. The normalized spacial score (nSPS) is 15.5. The molecular formula is C19H25N3O2S. The zero-order valence-corrected chi connectivity index (χ0v) is 15.7. The number of rotatable bonds is 5. The molecule has 3 rings (SSSR count). The molecule has 0 unspecified atom stereocenters. The van der Waals surface area contributed by atoms with Gasteiger partial charge in [0.1, 0.15) is 6.54 Å². The van der Waals surface area contributed by atoms with Crippen LogP contribution in [0.3, 0.4) is 0 Å². The maximum atomic E-state index is 12.5. The summed E-state index contributed by atoms with van der Waals surface area (Å²) in [5.74, 6) is 0.0470. The molecule has 0 saturated carbocycles. The third-order valence-corrected chi connectivity index (χ3v) is 5.95. The van der Waals surface area contributed by atoms with Gasteiger partial charge in [0.05, 0.1) is 0 Å². The maximum Gasteiger partial charge on any atom is 0.308 e. The van der Waals surface area contributed by atoms with Gasteiger partial charge < -0.3 is 4.90 Å². The fourth-order valence-corrected chi connectivity index (χ4v) is 3.99. The second kappa shape index (κ2) is 7.97. The van der Waals surface area contributed by atoms with Crippen LogP contribution in [0.1, 0.15) is 16.1 Å². The Morgan fingerprint density at radius 3 is 2.36 bits per heavy atom. The summed E-state index contributed by atoms with van der Waals surface area (Å²) < 4.78 is 1.60. The fraction of sp³-hybridized carbons (Fsp3) is 0.474. The second-order valence-corrected chi connectivity index (χ2v) is 7.72. The summed E-state index contributed by atoms with van der Waals surface area (Å²) in [6.07, 6.45) is 1.04. The molecule has 1 aromatic carbocycles. The van der Waals surface area contributed by atoms with Crippen LogP contribution in [0.5, 0.6) is 0 Å². The van der Waals surface area contributed by atoms with Crippen molar-refractivity contribution in [2.75, 3.05) is 32.7 Å². The Bertz CT molecular complexity index is 774. The molecule has 0 radical (unpaired) electrons. The standard InChI is InChI=1S/C19H25N3O2S/c1-15-16(2)25-19(24)22(15)14-18(23)21-12-10-20(11-13-21)9-8-17-6-4-3-5-7-17/h3-7H,8-14H2,1-2H3. The molecule has 0 aliphatic carbocycles. The minimum absolute atomic E-state index is 0.0372. The highest BCUT2D eigenvalue weighted by Gasteiger charge is 2.22. The molecule has 1 amide bonds. The first-order valence-electron chi connectivity index (χ1n) is 8.75. The first-order valence-corrected chi connectivity index (χ1v) is 9.57. The Morgan fingerprint density at radius 1 is 1.08 bits per heavy atom. The number of aryl methyl sites for hydroxylation is 1. The molecule has 0 N–H and O–H groups in total. The van der Waals surface area contributed by atoms with Crippen LogP contribution in [0.4, 0.5) is 0 Å². The van der Waals surface area contributed by atoms with Gasteiger partial charge in [0.2, 0.25) is 5.91 Å². The molecule has 5 nitrogen and oxygen atoms in total. The van der Waals surface area contributed by atoms with Crippen molar-refractivity contribution < 1.29 is 4.79 Å². The molecule has 134 valence electrons. The molecule has 0 spiro atoms. The number of amides is 1. The lowest BCUT2D eigenvalue weighted by Crippen LogP contribution is -2.50. The average Bonchev–Trinajstić information content (AvgIpc) is 2.87. The van der Waals surface area contributed by atoms with Crippen molar-refractivity contribution >= 4 is 17.2 Å². The molecular weight excluding hydrogens is 334 g/mol. The molecule has 2 heterocycles. The SMILES string of the molecule is Cc1sc(=O)n(CC(=O)N2CCN(CCc3ccccc3)CC2)c1C. The minimum Gasteiger partial charge on any atom is -0.339 e. The minimum atomic E-state index is -0.0372. The van der Waals surface area contributed by atoms with Crippen LogP contribution < -0.4 is 4.87 Å². The van der Waals surface area contributed by atoms with Gasteiger partial charge in [-0.15, -0.1) is 0 Å². The molecule has 6 heteroatoms. The molecule has 2 aromatic rings. The van der Waals surface area contributed by atoms with Crippen molar-refractivity contribution in [2.24, 2.45) is 0 Å². The lowest BCUT2D eigenvalue weighted by atomic mass is 10.1. The summed E-state index contributed by atoms with van der Waals surface area (Å²) in [7, 11) is 0. The summed E-state index contributed by atoms with van der Waals surface area (Å²) in [6, 6.07) is 10.5. The van der Waals surface area contributed by atoms with Crippen molar-refractivity contribution in [3.05, 3.63) is 56.1 Å². The summed E-state index contributed by atoms with van der Waals surface area (Å²) >= 11 is 1.22. The van der Waals surface area contributed by atoms with Crippen molar-refractivity contribution in [2.45, 2.75) is 26.8 Å². The Labute approximate surface area is 152 Å². The van der Waals surface area contributed by atoms with Gasteiger partial charge in [-0.1, -0.05) is 41.7 Å². The van der Waals surface area contributed by atoms with E-state index in [2.05, 4.69) is 29.2 Å². The van der Waals surface area contributed by atoms with Gasteiger partial charge in [0, 0.05) is 43.3 Å². The van der Waals surface area contributed by atoms with Crippen LogP contribution in [0, 0.1) is 13.8 Å². The third kappa shape index (κ3) is 4.38. The predicted molar refractivity (Wildman–Crippen MR) is 101 cm³/mol. The highest BCUT2D eigenvalue weighted by Crippen LogP contribution is 2.11. The first-order chi connectivity index (χ1) is 12.0. The molecule has 1 aliphatic rings. The number of hydrogen-bond donors (Lipinski definition) is 0. The lowest BCUT2D eigenvalue weighted by molar-refractivity contribution is -0.133. The van der Waals surface area contributed by atoms with E-state index in [0.29, 0.717) is 0 Å². The molecule has 25 heavy (non-hydrogen) atoms. The van der Waals surface area contributed by atoms with Crippen molar-refractivity contribution in [3.8, 4) is 0 Å². The first kappa shape index (κ1) is 17.9. The number of nitrogens with zero attached hydrogens (tertiary/aromatic N) is 3. The largest absolute Gasteiger partial charge is 0.339 e. The summed E-state index contributed by atoms with van der Waals surface area (Å²) in [5.41, 5.74) is 2.26. The Morgan fingerprint density at radius 2 is 1.76 bits per heavy atom. The third-order valence-electron chi connectivity index (χ3n) is 4.95. The maximum absolute atomic E-state index is 12.5. The van der Waals surface area contributed by atoms with E-state index < -0.39 is 0 Å². The van der Waals surface area contributed by atoms with Crippen molar-refractivity contribution in [3.63, 3.8) is 0 Å². The number of hydrogen-bond acceptors (Lipinski definition) is 4. The van der Waals surface area contributed by atoms with E-state index in [4.69, 9.17) is 0 Å². The quantitative estimate of drug-likeness (QED) is 0.819. The van der Waals surface area contributed by atoms with Crippen LogP contribution in [0.15, 0.2) is 35.1 Å². The van der Waals surface area contributed by atoms with Crippen LogP contribution in [0.25, 0.3) is 0 Å². The molecule has 0 bridgehead atoms. The molecule has 1 saturated heterocycles. The van der Waals surface area contributed by atoms with Crippen molar-refractivity contribution in [1.29, 1.82) is 0 Å². The van der Waals surface area contributed by atoms with E-state index in [9.17, 15) is 9.59 Å². The number of thiazole rings is 1. The van der Waals surface area contributed by atoms with E-state index >= 15 is 0 Å². The fourth-order valence-electron chi connectivity index (χ4n) is 3.16. The van der Waals surface area contributed by atoms with E-state index in [1.54, 1.807) is 4.57 Å². The summed E-state index contributed by atoms with van der Waals surface area (Å²) in [5, 5.41) is 0. The monoisotopic (exact) mass is 359 g/mol. The molecule has 1 fully saturated rings. The molecule has 1 aromatic heterocycles.